The van der Waals surface area contributed by atoms with E-state index in [1.165, 1.54) is 13.2 Å². The van der Waals surface area contributed by atoms with E-state index in [2.05, 4.69) is 46.3 Å². The first-order valence-electron chi connectivity index (χ1n) is 11.3. The molecule has 0 aliphatic heterocycles. The molecule has 0 aliphatic carbocycles. The lowest BCUT2D eigenvalue weighted by molar-refractivity contribution is -0.142. The Morgan fingerprint density at radius 2 is 1.44 bits per heavy atom. The lowest BCUT2D eigenvalue weighted by atomic mass is 10.0. The van der Waals surface area contributed by atoms with Gasteiger partial charge in [0, 0.05) is 12.2 Å². The fourth-order valence-electron chi connectivity index (χ4n) is 4.78. The zero-order valence-electron chi connectivity index (χ0n) is 20.9. The molecule has 0 heterocycles. The van der Waals surface area contributed by atoms with Gasteiger partial charge in [-0.15, -0.1) is 0 Å². The molecule has 0 saturated carbocycles. The first kappa shape index (κ1) is 28.0. The molecule has 1 rings (SSSR count). The molecule has 0 fully saturated rings. The number of phenolic OH excluding ortho intramolecular Hbond substituents is 2. The van der Waals surface area contributed by atoms with Gasteiger partial charge in [-0.1, -0.05) is 41.5 Å². The van der Waals surface area contributed by atoms with Crippen molar-refractivity contribution in [3.63, 3.8) is 0 Å². The fraction of sp³-hybridized carbons (Fsp3) is 0.667. The second-order valence-corrected chi connectivity index (χ2v) is 14.9. The summed E-state index contributed by atoms with van der Waals surface area (Å²) in [6.07, 6.45) is -0.749. The highest BCUT2D eigenvalue weighted by molar-refractivity contribution is 6.77. The summed E-state index contributed by atoms with van der Waals surface area (Å²) in [6.45, 7) is 16.7. The van der Waals surface area contributed by atoms with E-state index < -0.39 is 26.4 Å². The Bertz CT molecular complexity index is 767. The van der Waals surface area contributed by atoms with Crippen LogP contribution in [0.5, 0.6) is 11.5 Å². The summed E-state index contributed by atoms with van der Waals surface area (Å²) in [5.41, 5.74) is 1.59. The van der Waals surface area contributed by atoms with Crippen molar-refractivity contribution in [1.29, 1.82) is 0 Å². The SMILES string of the molecule is COC(=O)C[C@@H](C)OC(=O)c1c(O)cc(O)cc1C[C@@H](C)O[Si](C(C)C)(C(C)C)C(C)C. The molecule has 2 N–H and O–H groups in total. The molecule has 8 heteroatoms. The Balaban J connectivity index is 3.20. The minimum atomic E-state index is -2.16. The van der Waals surface area contributed by atoms with Gasteiger partial charge in [0.05, 0.1) is 13.5 Å². The summed E-state index contributed by atoms with van der Waals surface area (Å²) in [5, 5.41) is 20.4. The first-order valence-corrected chi connectivity index (χ1v) is 13.4. The van der Waals surface area contributed by atoms with Gasteiger partial charge >= 0.3 is 11.9 Å². The van der Waals surface area contributed by atoms with Gasteiger partial charge in [-0.05, 0) is 48.5 Å². The Hall–Kier alpha value is -2.06. The summed E-state index contributed by atoms with van der Waals surface area (Å²) in [4.78, 5) is 24.3. The molecule has 0 aliphatic rings. The van der Waals surface area contributed by atoms with Crippen LogP contribution in [-0.4, -0.2) is 49.8 Å². The molecule has 1 aromatic carbocycles. The summed E-state index contributed by atoms with van der Waals surface area (Å²) in [7, 11) is -0.897. The van der Waals surface area contributed by atoms with Gasteiger partial charge in [0.25, 0.3) is 0 Å². The van der Waals surface area contributed by atoms with Crippen molar-refractivity contribution >= 4 is 20.3 Å². The second kappa shape index (κ2) is 11.7. The molecule has 0 spiro atoms. The van der Waals surface area contributed by atoms with E-state index in [9.17, 15) is 19.8 Å². The summed E-state index contributed by atoms with van der Waals surface area (Å²) in [5.74, 6) is -1.78. The zero-order chi connectivity index (χ0) is 24.8. The van der Waals surface area contributed by atoms with Gasteiger partial charge in [0.1, 0.15) is 23.2 Å². The molecule has 0 bridgehead atoms. The lowest BCUT2D eigenvalue weighted by Crippen LogP contribution is -2.50. The standard InChI is InChI=1S/C24H40O7Si/c1-14(2)32(15(3)4,16(5)6)31-18(8)10-19-12-20(25)13-21(26)23(19)24(28)30-17(7)11-22(27)29-9/h12-18,25-26H,10-11H2,1-9H3/t17-,18-/m1/s1. The van der Waals surface area contributed by atoms with E-state index in [0.29, 0.717) is 28.6 Å². The monoisotopic (exact) mass is 468 g/mol. The lowest BCUT2D eigenvalue weighted by Gasteiger charge is -2.44. The number of aromatic hydroxyl groups is 2. The summed E-state index contributed by atoms with van der Waals surface area (Å²) >= 11 is 0. The molecule has 0 amide bonds. The molecule has 0 radical (unpaired) electrons. The van der Waals surface area contributed by atoms with Crippen LogP contribution in [0, 0.1) is 0 Å². The Kier molecular flexibility index (Phi) is 10.2. The third-order valence-corrected chi connectivity index (χ3v) is 12.2. The van der Waals surface area contributed by atoms with Gasteiger partial charge < -0.3 is 24.1 Å². The van der Waals surface area contributed by atoms with Crippen LogP contribution in [0.3, 0.4) is 0 Å². The van der Waals surface area contributed by atoms with Crippen LogP contribution in [0.25, 0.3) is 0 Å². The number of esters is 2. The molecule has 0 unspecified atom stereocenters. The quantitative estimate of drug-likeness (QED) is 0.334. The van der Waals surface area contributed by atoms with Crippen molar-refractivity contribution in [3.8, 4) is 11.5 Å². The van der Waals surface area contributed by atoms with Crippen LogP contribution in [-0.2, 0) is 25.1 Å². The smallest absolute Gasteiger partial charge is 0.342 e. The van der Waals surface area contributed by atoms with Crippen LogP contribution in [0.1, 0.15) is 77.7 Å². The maximum Gasteiger partial charge on any atom is 0.342 e. The third-order valence-electron chi connectivity index (χ3n) is 6.00. The van der Waals surface area contributed by atoms with E-state index in [1.54, 1.807) is 6.92 Å². The van der Waals surface area contributed by atoms with E-state index in [0.717, 1.165) is 6.07 Å². The molecular formula is C24H40O7Si. The van der Waals surface area contributed by atoms with Crippen LogP contribution in [0.4, 0.5) is 0 Å². The molecule has 1 aromatic rings. The number of methoxy groups -OCH3 is 1. The molecule has 0 aromatic heterocycles. The number of phenols is 2. The van der Waals surface area contributed by atoms with Gasteiger partial charge in [-0.25, -0.2) is 4.79 Å². The number of hydrogen-bond acceptors (Lipinski definition) is 7. The van der Waals surface area contributed by atoms with E-state index >= 15 is 0 Å². The number of hydrogen-bond donors (Lipinski definition) is 2. The average molecular weight is 469 g/mol. The van der Waals surface area contributed by atoms with Crippen molar-refractivity contribution in [2.45, 2.75) is 97.1 Å². The predicted molar refractivity (Wildman–Crippen MR) is 127 cm³/mol. The van der Waals surface area contributed by atoms with Crippen molar-refractivity contribution in [2.24, 2.45) is 0 Å². The highest BCUT2D eigenvalue weighted by atomic mass is 28.4. The average Bonchev–Trinajstić information content (AvgIpc) is 2.64. The van der Waals surface area contributed by atoms with Crippen molar-refractivity contribution in [3.05, 3.63) is 23.3 Å². The molecular weight excluding hydrogens is 428 g/mol. The Labute approximate surface area is 193 Å². The Morgan fingerprint density at radius 3 is 1.91 bits per heavy atom. The van der Waals surface area contributed by atoms with Crippen LogP contribution >= 0.6 is 0 Å². The molecule has 7 nitrogen and oxygen atoms in total. The normalized spacial score (nSPS) is 14.0. The zero-order valence-corrected chi connectivity index (χ0v) is 21.9. The van der Waals surface area contributed by atoms with Crippen LogP contribution < -0.4 is 0 Å². The van der Waals surface area contributed by atoms with Gasteiger partial charge in [0.15, 0.2) is 0 Å². The van der Waals surface area contributed by atoms with Crippen LogP contribution in [0.2, 0.25) is 16.6 Å². The predicted octanol–water partition coefficient (Wildman–Crippen LogP) is 5.33. The van der Waals surface area contributed by atoms with Gasteiger partial charge in [-0.2, -0.15) is 0 Å². The number of rotatable bonds is 11. The van der Waals surface area contributed by atoms with Gasteiger partial charge in [-0.3, -0.25) is 4.79 Å². The maximum atomic E-state index is 12.8. The minimum Gasteiger partial charge on any atom is -0.508 e. The van der Waals surface area contributed by atoms with E-state index in [4.69, 9.17) is 9.16 Å². The number of carbonyl (C=O) groups excluding carboxylic acids is 2. The second-order valence-electron chi connectivity index (χ2n) is 9.45. The highest BCUT2D eigenvalue weighted by Gasteiger charge is 2.46. The summed E-state index contributed by atoms with van der Waals surface area (Å²) in [6, 6.07) is 2.55. The van der Waals surface area contributed by atoms with E-state index in [1.807, 2.05) is 6.92 Å². The topological polar surface area (TPSA) is 102 Å². The molecule has 0 saturated heterocycles. The third kappa shape index (κ3) is 6.72. The largest absolute Gasteiger partial charge is 0.508 e. The first-order chi connectivity index (χ1) is 14.8. The van der Waals surface area contributed by atoms with Crippen LogP contribution in [0.15, 0.2) is 12.1 Å². The number of benzene rings is 1. The van der Waals surface area contributed by atoms with E-state index in [-0.39, 0.29) is 29.6 Å². The highest BCUT2D eigenvalue weighted by Crippen LogP contribution is 2.43. The van der Waals surface area contributed by atoms with Crippen molar-refractivity contribution < 1.29 is 33.7 Å². The summed E-state index contributed by atoms with van der Waals surface area (Å²) < 4.78 is 16.7. The van der Waals surface area contributed by atoms with Crippen molar-refractivity contribution in [1.82, 2.24) is 0 Å². The fourth-order valence-corrected chi connectivity index (χ4v) is 10.4. The number of ether oxygens (including phenoxy) is 2. The molecule has 32 heavy (non-hydrogen) atoms. The Morgan fingerprint density at radius 1 is 0.906 bits per heavy atom. The maximum absolute atomic E-state index is 12.8. The number of carbonyl (C=O) groups is 2. The minimum absolute atomic E-state index is 0.0270. The van der Waals surface area contributed by atoms with Gasteiger partial charge in [0.2, 0.25) is 8.32 Å². The van der Waals surface area contributed by atoms with Crippen molar-refractivity contribution in [2.75, 3.05) is 7.11 Å². The molecule has 182 valence electrons. The molecule has 2 atom stereocenters.